The lowest BCUT2D eigenvalue weighted by Gasteiger charge is -2.18. The minimum atomic E-state index is -0.416. The second-order valence-electron chi connectivity index (χ2n) is 6.07. The van der Waals surface area contributed by atoms with Gasteiger partial charge >= 0.3 is 0 Å². The summed E-state index contributed by atoms with van der Waals surface area (Å²) in [6, 6.07) is 11.7. The molecular weight excluding hydrogens is 370 g/mol. The predicted octanol–water partition coefficient (Wildman–Crippen LogP) is 4.45. The SMILES string of the molecule is COc1cc(C)c(NC(=O)C2(c3ccc(Br)cc3)CC2)cc1OC. The van der Waals surface area contributed by atoms with Gasteiger partial charge in [-0.05, 0) is 49.1 Å². The summed E-state index contributed by atoms with van der Waals surface area (Å²) in [4.78, 5) is 12.9. The smallest absolute Gasteiger partial charge is 0.235 e. The molecule has 1 aliphatic rings. The maximum Gasteiger partial charge on any atom is 0.235 e. The van der Waals surface area contributed by atoms with Crippen molar-refractivity contribution >= 4 is 27.5 Å². The molecule has 0 saturated heterocycles. The van der Waals surface area contributed by atoms with Crippen molar-refractivity contribution in [2.24, 2.45) is 0 Å². The van der Waals surface area contributed by atoms with E-state index in [1.54, 1.807) is 14.2 Å². The number of hydrogen-bond donors (Lipinski definition) is 1. The molecule has 1 fully saturated rings. The summed E-state index contributed by atoms with van der Waals surface area (Å²) in [6.07, 6.45) is 1.74. The average molecular weight is 390 g/mol. The zero-order chi connectivity index (χ0) is 17.3. The van der Waals surface area contributed by atoms with Gasteiger partial charge in [0.2, 0.25) is 5.91 Å². The highest BCUT2D eigenvalue weighted by atomic mass is 79.9. The molecule has 1 aliphatic carbocycles. The summed E-state index contributed by atoms with van der Waals surface area (Å²) >= 11 is 3.44. The van der Waals surface area contributed by atoms with Crippen LogP contribution in [-0.4, -0.2) is 20.1 Å². The van der Waals surface area contributed by atoms with Gasteiger partial charge in [0.05, 0.1) is 19.6 Å². The third-order valence-corrected chi connectivity index (χ3v) is 5.09. The summed E-state index contributed by atoms with van der Waals surface area (Å²) in [6.45, 7) is 1.94. The van der Waals surface area contributed by atoms with E-state index >= 15 is 0 Å². The number of aryl methyl sites for hydroxylation is 1. The lowest BCUT2D eigenvalue weighted by atomic mass is 9.95. The number of carbonyl (C=O) groups excluding carboxylic acids is 1. The number of benzene rings is 2. The Morgan fingerprint density at radius 2 is 1.67 bits per heavy atom. The molecule has 0 heterocycles. The van der Waals surface area contributed by atoms with Gasteiger partial charge in [-0.3, -0.25) is 4.79 Å². The van der Waals surface area contributed by atoms with E-state index in [-0.39, 0.29) is 5.91 Å². The highest BCUT2D eigenvalue weighted by Crippen LogP contribution is 2.49. The Morgan fingerprint density at radius 1 is 1.08 bits per heavy atom. The van der Waals surface area contributed by atoms with E-state index in [9.17, 15) is 4.79 Å². The number of halogens is 1. The van der Waals surface area contributed by atoms with Crippen molar-refractivity contribution in [1.82, 2.24) is 0 Å². The van der Waals surface area contributed by atoms with Gasteiger partial charge in [-0.1, -0.05) is 28.1 Å². The maximum atomic E-state index is 12.9. The van der Waals surface area contributed by atoms with Crippen molar-refractivity contribution in [2.45, 2.75) is 25.2 Å². The highest BCUT2D eigenvalue weighted by molar-refractivity contribution is 9.10. The number of amides is 1. The van der Waals surface area contributed by atoms with Gasteiger partial charge in [-0.2, -0.15) is 0 Å². The van der Waals surface area contributed by atoms with Crippen LogP contribution in [0, 0.1) is 6.92 Å². The van der Waals surface area contributed by atoms with Gasteiger partial charge in [0, 0.05) is 16.2 Å². The van der Waals surface area contributed by atoms with E-state index in [4.69, 9.17) is 9.47 Å². The molecule has 5 heteroatoms. The van der Waals surface area contributed by atoms with Crippen molar-refractivity contribution in [3.8, 4) is 11.5 Å². The molecule has 24 heavy (non-hydrogen) atoms. The van der Waals surface area contributed by atoms with E-state index in [0.717, 1.165) is 34.1 Å². The van der Waals surface area contributed by atoms with Crippen LogP contribution in [0.4, 0.5) is 5.69 Å². The number of hydrogen-bond acceptors (Lipinski definition) is 3. The summed E-state index contributed by atoms with van der Waals surface area (Å²) < 4.78 is 11.6. The number of carbonyl (C=O) groups is 1. The zero-order valence-electron chi connectivity index (χ0n) is 14.0. The molecule has 126 valence electrons. The third-order valence-electron chi connectivity index (χ3n) is 4.56. The topological polar surface area (TPSA) is 47.6 Å². The van der Waals surface area contributed by atoms with Crippen LogP contribution < -0.4 is 14.8 Å². The molecule has 2 aromatic carbocycles. The number of rotatable bonds is 5. The number of anilines is 1. The van der Waals surface area contributed by atoms with Crippen molar-refractivity contribution in [3.05, 3.63) is 52.0 Å². The molecule has 3 rings (SSSR count). The second-order valence-corrected chi connectivity index (χ2v) is 6.98. The summed E-state index contributed by atoms with van der Waals surface area (Å²) in [5.74, 6) is 1.29. The first-order chi connectivity index (χ1) is 11.5. The Hall–Kier alpha value is -2.01. The van der Waals surface area contributed by atoms with Crippen LogP contribution >= 0.6 is 15.9 Å². The van der Waals surface area contributed by atoms with Gasteiger partial charge in [0.1, 0.15) is 0 Å². The molecule has 2 aromatic rings. The summed E-state index contributed by atoms with van der Waals surface area (Å²) in [5.41, 5.74) is 2.33. The van der Waals surface area contributed by atoms with Crippen LogP contribution in [0.15, 0.2) is 40.9 Å². The Balaban J connectivity index is 1.86. The molecule has 1 amide bonds. The Morgan fingerprint density at radius 3 is 2.21 bits per heavy atom. The lowest BCUT2D eigenvalue weighted by Crippen LogP contribution is -2.28. The first kappa shape index (κ1) is 16.8. The van der Waals surface area contributed by atoms with Gasteiger partial charge in [0.25, 0.3) is 0 Å². The van der Waals surface area contributed by atoms with Crippen LogP contribution in [0.1, 0.15) is 24.0 Å². The van der Waals surface area contributed by atoms with Crippen LogP contribution in [0.25, 0.3) is 0 Å². The first-order valence-corrected chi connectivity index (χ1v) is 8.59. The standard InChI is InChI=1S/C19H20BrNO3/c1-12-10-16(23-2)17(24-3)11-15(12)21-18(22)19(8-9-19)13-4-6-14(20)7-5-13/h4-7,10-11H,8-9H2,1-3H3,(H,21,22). The molecule has 0 atom stereocenters. The van der Waals surface area contributed by atoms with E-state index in [2.05, 4.69) is 21.2 Å². The zero-order valence-corrected chi connectivity index (χ0v) is 15.6. The van der Waals surface area contributed by atoms with Crippen LogP contribution in [-0.2, 0) is 10.2 Å². The fourth-order valence-corrected chi connectivity index (χ4v) is 3.16. The molecule has 1 N–H and O–H groups in total. The average Bonchev–Trinajstić information content (AvgIpc) is 3.38. The molecule has 0 unspecified atom stereocenters. The molecule has 0 radical (unpaired) electrons. The van der Waals surface area contributed by atoms with Crippen molar-refractivity contribution in [3.63, 3.8) is 0 Å². The maximum absolute atomic E-state index is 12.9. The second kappa shape index (κ2) is 6.48. The van der Waals surface area contributed by atoms with Gasteiger partial charge in [-0.25, -0.2) is 0 Å². The molecule has 1 saturated carbocycles. The summed E-state index contributed by atoms with van der Waals surface area (Å²) in [7, 11) is 3.19. The monoisotopic (exact) mass is 389 g/mol. The van der Waals surface area contributed by atoms with Crippen LogP contribution in [0.5, 0.6) is 11.5 Å². The lowest BCUT2D eigenvalue weighted by molar-refractivity contribution is -0.118. The van der Waals surface area contributed by atoms with E-state index < -0.39 is 5.41 Å². The fourth-order valence-electron chi connectivity index (χ4n) is 2.90. The number of nitrogens with one attached hydrogen (secondary N) is 1. The van der Waals surface area contributed by atoms with E-state index in [1.807, 2.05) is 43.3 Å². The predicted molar refractivity (Wildman–Crippen MR) is 98.0 cm³/mol. The van der Waals surface area contributed by atoms with Crippen LogP contribution in [0.3, 0.4) is 0 Å². The minimum absolute atomic E-state index is 0.0279. The fraction of sp³-hybridized carbons (Fsp3) is 0.316. The van der Waals surface area contributed by atoms with Crippen LogP contribution in [0.2, 0.25) is 0 Å². The highest BCUT2D eigenvalue weighted by Gasteiger charge is 2.51. The number of ether oxygens (including phenoxy) is 2. The van der Waals surface area contributed by atoms with Crippen molar-refractivity contribution in [2.75, 3.05) is 19.5 Å². The Bertz CT molecular complexity index is 767. The van der Waals surface area contributed by atoms with E-state index in [1.165, 1.54) is 0 Å². The molecule has 0 spiro atoms. The van der Waals surface area contributed by atoms with Gasteiger partial charge in [-0.15, -0.1) is 0 Å². The van der Waals surface area contributed by atoms with Crippen molar-refractivity contribution < 1.29 is 14.3 Å². The Labute approximate surface area is 150 Å². The largest absolute Gasteiger partial charge is 0.493 e. The Kier molecular flexibility index (Phi) is 4.54. The summed E-state index contributed by atoms with van der Waals surface area (Å²) in [5, 5.41) is 3.07. The van der Waals surface area contributed by atoms with E-state index in [0.29, 0.717) is 11.5 Å². The van der Waals surface area contributed by atoms with Gasteiger partial charge < -0.3 is 14.8 Å². The quantitative estimate of drug-likeness (QED) is 0.821. The third kappa shape index (κ3) is 3.00. The molecule has 0 aromatic heterocycles. The number of methoxy groups -OCH3 is 2. The first-order valence-electron chi connectivity index (χ1n) is 7.80. The molecule has 0 aliphatic heterocycles. The van der Waals surface area contributed by atoms with Crippen molar-refractivity contribution in [1.29, 1.82) is 0 Å². The minimum Gasteiger partial charge on any atom is -0.493 e. The molecule has 4 nitrogen and oxygen atoms in total. The molecule has 0 bridgehead atoms. The molecular formula is C19H20BrNO3. The van der Waals surface area contributed by atoms with Gasteiger partial charge in [0.15, 0.2) is 11.5 Å². The normalized spacial score (nSPS) is 14.8.